The van der Waals surface area contributed by atoms with Gasteiger partial charge in [0, 0.05) is 5.56 Å². The number of phenolic OH excluding ortho intramolecular Hbond substituents is 2. The second-order valence-corrected chi connectivity index (χ2v) is 7.73. The molecule has 32 heavy (non-hydrogen) atoms. The molecule has 0 aliphatic carbocycles. The Labute approximate surface area is 185 Å². The number of benzene rings is 1. The van der Waals surface area contributed by atoms with Crippen LogP contribution >= 0.6 is 0 Å². The zero-order valence-corrected chi connectivity index (χ0v) is 17.7. The first-order valence-electron chi connectivity index (χ1n) is 10.5. The van der Waals surface area contributed by atoms with Crippen molar-refractivity contribution in [3.8, 4) is 11.5 Å². The number of carboxylic acid groups (broad SMARTS) is 4. The van der Waals surface area contributed by atoms with Gasteiger partial charge in [-0.05, 0) is 50.2 Å². The molecule has 178 valence electrons. The summed E-state index contributed by atoms with van der Waals surface area (Å²) in [6.07, 6.45) is 3.92. The molecule has 0 saturated heterocycles. The van der Waals surface area contributed by atoms with Gasteiger partial charge in [0.15, 0.2) is 11.8 Å². The van der Waals surface area contributed by atoms with Crippen LogP contribution in [-0.4, -0.2) is 54.5 Å². The molecule has 0 heterocycles. The van der Waals surface area contributed by atoms with Gasteiger partial charge in [0.1, 0.15) is 11.5 Å². The van der Waals surface area contributed by atoms with E-state index in [1.807, 2.05) is 0 Å². The quantitative estimate of drug-likeness (QED) is 0.160. The Kier molecular flexibility index (Phi) is 11.0. The summed E-state index contributed by atoms with van der Waals surface area (Å²) in [5.74, 6) is -8.44. The third-order valence-electron chi connectivity index (χ3n) is 5.39. The summed E-state index contributed by atoms with van der Waals surface area (Å²) in [5, 5.41) is 56.0. The summed E-state index contributed by atoms with van der Waals surface area (Å²) in [7, 11) is 0. The van der Waals surface area contributed by atoms with Crippen molar-refractivity contribution >= 4 is 23.9 Å². The van der Waals surface area contributed by atoms with Crippen molar-refractivity contribution < 1.29 is 49.8 Å². The molecule has 1 rings (SSSR count). The molecule has 0 spiro atoms. The first-order valence-corrected chi connectivity index (χ1v) is 10.5. The van der Waals surface area contributed by atoms with Gasteiger partial charge in [-0.3, -0.25) is 19.2 Å². The fourth-order valence-corrected chi connectivity index (χ4v) is 3.50. The van der Waals surface area contributed by atoms with E-state index in [9.17, 15) is 29.4 Å². The Morgan fingerprint density at radius 3 is 1.50 bits per heavy atom. The normalized spacial score (nSPS) is 11.1. The Bertz CT molecular complexity index is 789. The average Bonchev–Trinajstić information content (AvgIpc) is 2.69. The molecule has 6 N–H and O–H groups in total. The van der Waals surface area contributed by atoms with Gasteiger partial charge in [-0.25, -0.2) is 0 Å². The smallest absolute Gasteiger partial charge is 0.317 e. The second kappa shape index (κ2) is 13.2. The van der Waals surface area contributed by atoms with E-state index >= 15 is 0 Å². The van der Waals surface area contributed by atoms with E-state index in [2.05, 4.69) is 0 Å². The zero-order chi connectivity index (χ0) is 24.3. The maximum Gasteiger partial charge on any atom is 0.317 e. The number of carbonyl (C=O) groups is 4. The lowest BCUT2D eigenvalue weighted by molar-refractivity contribution is -0.156. The van der Waals surface area contributed by atoms with Crippen molar-refractivity contribution in [2.24, 2.45) is 11.8 Å². The van der Waals surface area contributed by atoms with Crippen LogP contribution in [0.1, 0.15) is 62.5 Å². The fraction of sp³-hybridized carbons (Fsp3) is 0.545. The van der Waals surface area contributed by atoms with E-state index in [0.29, 0.717) is 62.5 Å². The minimum absolute atomic E-state index is 0.00723. The second-order valence-electron chi connectivity index (χ2n) is 7.73. The highest BCUT2D eigenvalue weighted by Crippen LogP contribution is 2.33. The van der Waals surface area contributed by atoms with Crippen LogP contribution in [0.2, 0.25) is 0 Å². The van der Waals surface area contributed by atoms with Crippen LogP contribution < -0.4 is 0 Å². The standard InChI is InChI=1S/C22H30O10/c23-17-12-11-13(7-3-1-5-9-15(19(25)26)20(27)28)18(24)14(17)8-4-2-6-10-16(21(29)30)22(31)32/h11-12,15-16,23-24H,1-10H2,(H,25,26)(H,27,28)(H,29,30)(H,31,32). The number of aliphatic carboxylic acids is 4. The summed E-state index contributed by atoms with van der Waals surface area (Å²) in [6.45, 7) is 0. The van der Waals surface area contributed by atoms with Gasteiger partial charge in [-0.15, -0.1) is 0 Å². The monoisotopic (exact) mass is 454 g/mol. The highest BCUT2D eigenvalue weighted by Gasteiger charge is 2.25. The topological polar surface area (TPSA) is 190 Å². The molecule has 0 fully saturated rings. The van der Waals surface area contributed by atoms with Crippen molar-refractivity contribution in [1.82, 2.24) is 0 Å². The molecule has 10 nitrogen and oxygen atoms in total. The van der Waals surface area contributed by atoms with E-state index in [1.54, 1.807) is 6.07 Å². The van der Waals surface area contributed by atoms with Crippen molar-refractivity contribution in [2.75, 3.05) is 0 Å². The predicted molar refractivity (Wildman–Crippen MR) is 112 cm³/mol. The zero-order valence-electron chi connectivity index (χ0n) is 17.7. The number of hydrogen-bond donors (Lipinski definition) is 6. The molecule has 0 aliphatic heterocycles. The van der Waals surface area contributed by atoms with E-state index in [0.717, 1.165) is 0 Å². The van der Waals surface area contributed by atoms with Crippen LogP contribution in [0.3, 0.4) is 0 Å². The largest absolute Gasteiger partial charge is 0.508 e. The molecule has 0 saturated carbocycles. The molecule has 0 bridgehead atoms. The molecule has 0 aromatic heterocycles. The number of aryl methyl sites for hydroxylation is 1. The van der Waals surface area contributed by atoms with Crippen LogP contribution in [0.5, 0.6) is 11.5 Å². The Morgan fingerprint density at radius 1 is 0.625 bits per heavy atom. The summed E-state index contributed by atoms with van der Waals surface area (Å²) in [6, 6.07) is 3.07. The number of phenols is 2. The molecule has 1 aromatic rings. The Balaban J connectivity index is 2.50. The molecule has 0 radical (unpaired) electrons. The average molecular weight is 454 g/mol. The molecule has 0 atom stereocenters. The van der Waals surface area contributed by atoms with Crippen molar-refractivity contribution in [3.63, 3.8) is 0 Å². The first-order chi connectivity index (χ1) is 15.1. The van der Waals surface area contributed by atoms with Gasteiger partial charge in [0.2, 0.25) is 0 Å². The summed E-state index contributed by atoms with van der Waals surface area (Å²) < 4.78 is 0. The third-order valence-corrected chi connectivity index (χ3v) is 5.39. The molecule has 0 amide bonds. The predicted octanol–water partition coefficient (Wildman–Crippen LogP) is 2.87. The SMILES string of the molecule is O=C(O)C(CCCCCc1ccc(O)c(CCCCCC(C(=O)O)C(=O)O)c1O)C(=O)O. The Hall–Kier alpha value is -3.30. The molecule has 10 heteroatoms. The van der Waals surface area contributed by atoms with E-state index in [4.69, 9.17) is 20.4 Å². The van der Waals surface area contributed by atoms with Crippen LogP contribution in [0.25, 0.3) is 0 Å². The minimum Gasteiger partial charge on any atom is -0.508 e. The van der Waals surface area contributed by atoms with E-state index in [1.165, 1.54) is 6.07 Å². The van der Waals surface area contributed by atoms with Gasteiger partial charge < -0.3 is 30.6 Å². The summed E-state index contributed by atoms with van der Waals surface area (Å²) in [5.41, 5.74) is 0.981. The van der Waals surface area contributed by atoms with E-state index in [-0.39, 0.29) is 24.3 Å². The number of aromatic hydroxyl groups is 2. The van der Waals surface area contributed by atoms with Gasteiger partial charge in [0.25, 0.3) is 0 Å². The summed E-state index contributed by atoms with van der Waals surface area (Å²) >= 11 is 0. The fourth-order valence-electron chi connectivity index (χ4n) is 3.50. The first kappa shape index (κ1) is 26.7. The van der Waals surface area contributed by atoms with Crippen molar-refractivity contribution in [2.45, 2.75) is 64.2 Å². The Morgan fingerprint density at radius 2 is 1.06 bits per heavy atom. The van der Waals surface area contributed by atoms with Gasteiger partial charge in [-0.2, -0.15) is 0 Å². The van der Waals surface area contributed by atoms with Crippen LogP contribution in [-0.2, 0) is 32.0 Å². The van der Waals surface area contributed by atoms with E-state index < -0.39 is 35.7 Å². The highest BCUT2D eigenvalue weighted by atomic mass is 16.4. The van der Waals surface area contributed by atoms with Crippen LogP contribution in [0, 0.1) is 11.8 Å². The van der Waals surface area contributed by atoms with Crippen molar-refractivity contribution in [3.05, 3.63) is 23.3 Å². The maximum atomic E-state index is 10.9. The molecular formula is C22H30O10. The maximum absolute atomic E-state index is 10.9. The minimum atomic E-state index is -1.44. The number of hydrogen-bond acceptors (Lipinski definition) is 6. The molecular weight excluding hydrogens is 424 g/mol. The lowest BCUT2D eigenvalue weighted by atomic mass is 9.96. The molecule has 1 aromatic carbocycles. The van der Waals surface area contributed by atoms with Crippen LogP contribution in [0.15, 0.2) is 12.1 Å². The molecule has 0 aliphatic rings. The molecule has 0 unspecified atom stereocenters. The highest BCUT2D eigenvalue weighted by molar-refractivity contribution is 5.93. The number of unbranched alkanes of at least 4 members (excludes halogenated alkanes) is 4. The van der Waals surface area contributed by atoms with Crippen LogP contribution in [0.4, 0.5) is 0 Å². The summed E-state index contributed by atoms with van der Waals surface area (Å²) in [4.78, 5) is 43.5. The van der Waals surface area contributed by atoms with Gasteiger partial charge in [0.05, 0.1) is 0 Å². The lowest BCUT2D eigenvalue weighted by Crippen LogP contribution is -2.23. The van der Waals surface area contributed by atoms with Crippen molar-refractivity contribution in [1.29, 1.82) is 0 Å². The number of rotatable bonds is 16. The van der Waals surface area contributed by atoms with Gasteiger partial charge in [-0.1, -0.05) is 31.7 Å². The third kappa shape index (κ3) is 8.44. The van der Waals surface area contributed by atoms with Gasteiger partial charge >= 0.3 is 23.9 Å². The lowest BCUT2D eigenvalue weighted by Gasteiger charge is -2.12. The number of carboxylic acids is 4.